The Hall–Kier alpha value is -0.980. The lowest BCUT2D eigenvalue weighted by Crippen LogP contribution is -1.96. The molecule has 12 heavy (non-hydrogen) atoms. The van der Waals surface area contributed by atoms with Crippen molar-refractivity contribution in [2.24, 2.45) is 0 Å². The van der Waals surface area contributed by atoms with E-state index >= 15 is 0 Å². The average Bonchev–Trinajstić information content (AvgIpc) is 2.04. The molecule has 0 aliphatic heterocycles. The molecule has 0 aliphatic carbocycles. The SMILES string of the molecule is O=C(I)c1ccccc1[N+](=O)[O-]. The van der Waals surface area contributed by atoms with Crippen LogP contribution in [0.5, 0.6) is 0 Å². The van der Waals surface area contributed by atoms with Crippen molar-refractivity contribution in [2.75, 3.05) is 0 Å². The summed E-state index contributed by atoms with van der Waals surface area (Å²) >= 11 is 1.52. The molecule has 0 saturated carbocycles. The van der Waals surface area contributed by atoms with Gasteiger partial charge >= 0.3 is 0 Å². The lowest BCUT2D eigenvalue weighted by Gasteiger charge is -1.94. The third-order valence-corrected chi connectivity index (χ3v) is 1.89. The van der Waals surface area contributed by atoms with Crippen LogP contribution in [0.25, 0.3) is 0 Å². The highest BCUT2D eigenvalue weighted by atomic mass is 127. The summed E-state index contributed by atoms with van der Waals surface area (Å²) in [5.41, 5.74) is 0.000000000000000666. The topological polar surface area (TPSA) is 60.2 Å². The Kier molecular flexibility index (Phi) is 2.74. The number of hydrogen-bond donors (Lipinski definition) is 0. The molecule has 1 aromatic carbocycles. The minimum atomic E-state index is -0.564. The Balaban J connectivity index is 3.27. The van der Waals surface area contributed by atoms with E-state index in [-0.39, 0.29) is 15.0 Å². The van der Waals surface area contributed by atoms with Gasteiger partial charge in [-0.3, -0.25) is 14.9 Å². The first-order valence-electron chi connectivity index (χ1n) is 3.06. The number of rotatable bonds is 2. The molecule has 0 spiro atoms. The Morgan fingerprint density at radius 3 is 2.42 bits per heavy atom. The molecule has 62 valence electrons. The van der Waals surface area contributed by atoms with E-state index in [2.05, 4.69) is 0 Å². The largest absolute Gasteiger partial charge is 0.282 e. The number of nitrogens with zero attached hydrogens (tertiary/aromatic N) is 1. The highest BCUT2D eigenvalue weighted by molar-refractivity contribution is 14.1. The average molecular weight is 277 g/mol. The third kappa shape index (κ3) is 1.79. The van der Waals surface area contributed by atoms with E-state index in [1.54, 1.807) is 6.07 Å². The van der Waals surface area contributed by atoms with Crippen LogP contribution in [0.1, 0.15) is 10.4 Å². The van der Waals surface area contributed by atoms with Crippen LogP contribution in [0.3, 0.4) is 0 Å². The van der Waals surface area contributed by atoms with Crippen LogP contribution in [0, 0.1) is 10.1 Å². The molecule has 0 atom stereocenters. The zero-order valence-corrected chi connectivity index (χ0v) is 8.02. The van der Waals surface area contributed by atoms with Crippen LogP contribution in [0.4, 0.5) is 5.69 Å². The Morgan fingerprint density at radius 1 is 1.42 bits per heavy atom. The lowest BCUT2D eigenvalue weighted by molar-refractivity contribution is -0.385. The molecule has 1 aromatic rings. The van der Waals surface area contributed by atoms with Crippen LogP contribution in [0.2, 0.25) is 0 Å². The van der Waals surface area contributed by atoms with E-state index in [9.17, 15) is 14.9 Å². The normalized spacial score (nSPS) is 9.42. The summed E-state index contributed by atoms with van der Waals surface area (Å²) in [7, 11) is 0. The summed E-state index contributed by atoms with van der Waals surface area (Å²) in [5, 5.41) is 10.4. The molecule has 0 fully saturated rings. The minimum absolute atomic E-state index is 0.142. The fourth-order valence-electron chi connectivity index (χ4n) is 0.799. The van der Waals surface area contributed by atoms with Gasteiger partial charge < -0.3 is 0 Å². The van der Waals surface area contributed by atoms with Gasteiger partial charge in [0.2, 0.25) is 3.79 Å². The predicted octanol–water partition coefficient (Wildman–Crippen LogP) is 2.17. The van der Waals surface area contributed by atoms with Crippen molar-refractivity contribution >= 4 is 32.1 Å². The first kappa shape index (κ1) is 9.11. The van der Waals surface area contributed by atoms with Crippen molar-refractivity contribution in [2.45, 2.75) is 0 Å². The molecule has 1 rings (SSSR count). The molecule has 0 bridgehead atoms. The molecule has 0 aromatic heterocycles. The van der Waals surface area contributed by atoms with Crippen LogP contribution in [-0.2, 0) is 0 Å². The number of nitro benzene ring substituents is 1. The second-order valence-corrected chi connectivity index (χ2v) is 3.03. The molecular formula is C7H4INO3. The second kappa shape index (κ2) is 3.61. The lowest BCUT2D eigenvalue weighted by atomic mass is 10.2. The van der Waals surface area contributed by atoms with Crippen molar-refractivity contribution in [1.29, 1.82) is 0 Å². The second-order valence-electron chi connectivity index (χ2n) is 2.05. The van der Waals surface area contributed by atoms with Gasteiger partial charge in [0.05, 0.1) is 4.92 Å². The molecule has 0 unspecified atom stereocenters. The number of halogens is 1. The van der Waals surface area contributed by atoms with E-state index < -0.39 is 4.92 Å². The zero-order valence-electron chi connectivity index (χ0n) is 5.86. The van der Waals surface area contributed by atoms with Gasteiger partial charge in [0.1, 0.15) is 5.56 Å². The van der Waals surface area contributed by atoms with Crippen LogP contribution in [-0.4, -0.2) is 8.71 Å². The van der Waals surface area contributed by atoms with E-state index in [4.69, 9.17) is 0 Å². The highest BCUT2D eigenvalue weighted by Gasteiger charge is 2.15. The van der Waals surface area contributed by atoms with Gasteiger partial charge in [0.25, 0.3) is 5.69 Å². The summed E-state index contributed by atoms with van der Waals surface area (Å²) in [4.78, 5) is 20.7. The summed E-state index contributed by atoms with van der Waals surface area (Å²) in [6, 6.07) is 5.87. The zero-order chi connectivity index (χ0) is 9.14. The first-order chi connectivity index (χ1) is 5.63. The van der Waals surface area contributed by atoms with Crippen LogP contribution in [0.15, 0.2) is 24.3 Å². The number of carbonyl (C=O) groups excluding carboxylic acids is 1. The Morgan fingerprint density at radius 2 is 2.00 bits per heavy atom. The molecule has 0 N–H and O–H groups in total. The van der Waals surface area contributed by atoms with Gasteiger partial charge in [-0.15, -0.1) is 0 Å². The van der Waals surface area contributed by atoms with E-state index in [1.165, 1.54) is 40.8 Å². The van der Waals surface area contributed by atoms with Crippen molar-refractivity contribution in [3.8, 4) is 0 Å². The summed E-state index contributed by atoms with van der Waals surface area (Å²) in [6.07, 6.45) is 0. The summed E-state index contributed by atoms with van der Waals surface area (Å²) in [5.74, 6) is 0. The van der Waals surface area contributed by atoms with Gasteiger partial charge in [-0.05, 0) is 6.07 Å². The minimum Gasteiger partial charge on any atom is -0.282 e. The summed E-state index contributed by atoms with van der Waals surface area (Å²) < 4.78 is -0.320. The smallest absolute Gasteiger partial charge is 0.281 e. The van der Waals surface area contributed by atoms with E-state index in [0.29, 0.717) is 0 Å². The van der Waals surface area contributed by atoms with Crippen molar-refractivity contribution in [3.63, 3.8) is 0 Å². The number of benzene rings is 1. The summed E-state index contributed by atoms with van der Waals surface area (Å²) in [6.45, 7) is 0. The van der Waals surface area contributed by atoms with Crippen molar-refractivity contribution < 1.29 is 9.72 Å². The van der Waals surface area contributed by atoms with Gasteiger partial charge in [0, 0.05) is 28.7 Å². The van der Waals surface area contributed by atoms with Gasteiger partial charge in [0.15, 0.2) is 0 Å². The molecular weight excluding hydrogens is 273 g/mol. The van der Waals surface area contributed by atoms with E-state index in [1.807, 2.05) is 0 Å². The number of hydrogen-bond acceptors (Lipinski definition) is 3. The fourth-order valence-corrected chi connectivity index (χ4v) is 1.26. The number of para-hydroxylation sites is 1. The molecule has 0 amide bonds. The van der Waals surface area contributed by atoms with Gasteiger partial charge in [-0.25, -0.2) is 0 Å². The maximum absolute atomic E-state index is 10.9. The molecule has 4 nitrogen and oxygen atoms in total. The molecule has 0 aliphatic rings. The molecule has 0 radical (unpaired) electrons. The van der Waals surface area contributed by atoms with Gasteiger partial charge in [-0.1, -0.05) is 12.1 Å². The standard InChI is InChI=1S/C7H4INO3/c8-7(10)5-3-1-2-4-6(5)9(11)12/h1-4H. The van der Waals surface area contributed by atoms with Crippen molar-refractivity contribution in [1.82, 2.24) is 0 Å². The molecule has 0 heterocycles. The Bertz CT molecular complexity index is 304. The highest BCUT2D eigenvalue weighted by Crippen LogP contribution is 2.19. The van der Waals surface area contributed by atoms with Crippen molar-refractivity contribution in [3.05, 3.63) is 39.9 Å². The number of carbonyl (C=O) groups is 1. The molecule has 0 saturated heterocycles. The monoisotopic (exact) mass is 277 g/mol. The van der Waals surface area contributed by atoms with Crippen LogP contribution >= 0.6 is 22.6 Å². The maximum Gasteiger partial charge on any atom is 0.281 e. The number of nitro groups is 1. The van der Waals surface area contributed by atoms with Gasteiger partial charge in [-0.2, -0.15) is 0 Å². The van der Waals surface area contributed by atoms with E-state index in [0.717, 1.165) is 0 Å². The Labute approximate surface area is 81.9 Å². The maximum atomic E-state index is 10.9. The first-order valence-corrected chi connectivity index (χ1v) is 4.14. The quantitative estimate of drug-likeness (QED) is 0.360. The predicted molar refractivity (Wildman–Crippen MR) is 51.4 cm³/mol. The van der Waals surface area contributed by atoms with Crippen LogP contribution < -0.4 is 0 Å². The molecule has 5 heteroatoms. The fraction of sp³-hybridized carbons (Fsp3) is 0. The third-order valence-electron chi connectivity index (χ3n) is 1.31.